The zero-order valence-corrected chi connectivity index (χ0v) is 18.8. The van der Waals surface area contributed by atoms with Crippen molar-refractivity contribution < 1.29 is 28.6 Å². The van der Waals surface area contributed by atoms with E-state index in [1.165, 1.54) is 36.3 Å². The van der Waals surface area contributed by atoms with Gasteiger partial charge in [-0.25, -0.2) is 4.39 Å². The van der Waals surface area contributed by atoms with Crippen molar-refractivity contribution in [1.82, 2.24) is 0 Å². The molecule has 0 aliphatic carbocycles. The molecule has 0 bridgehead atoms. The van der Waals surface area contributed by atoms with Crippen LogP contribution < -0.4 is 14.4 Å². The first kappa shape index (κ1) is 23.0. The molecule has 1 heterocycles. The molecule has 0 saturated carbocycles. The molecule has 6 nitrogen and oxygen atoms in total. The molecule has 174 valence electrons. The lowest BCUT2D eigenvalue weighted by atomic mass is 9.95. The predicted octanol–water partition coefficient (Wildman–Crippen LogP) is 5.25. The van der Waals surface area contributed by atoms with Crippen LogP contribution in [0.25, 0.3) is 5.76 Å². The van der Waals surface area contributed by atoms with E-state index in [2.05, 4.69) is 0 Å². The third-order valence-corrected chi connectivity index (χ3v) is 5.56. The highest BCUT2D eigenvalue weighted by Crippen LogP contribution is 2.42. The van der Waals surface area contributed by atoms with Crippen LogP contribution in [0, 0.1) is 5.82 Å². The summed E-state index contributed by atoms with van der Waals surface area (Å²) < 4.78 is 24.5. The summed E-state index contributed by atoms with van der Waals surface area (Å²) in [6.07, 6.45) is 0.854. The molecule has 1 aliphatic rings. The van der Waals surface area contributed by atoms with E-state index in [-0.39, 0.29) is 11.3 Å². The maximum absolute atomic E-state index is 13.7. The summed E-state index contributed by atoms with van der Waals surface area (Å²) in [6.45, 7) is 2.55. The highest BCUT2D eigenvalue weighted by Gasteiger charge is 2.47. The van der Waals surface area contributed by atoms with Gasteiger partial charge in [-0.1, -0.05) is 25.1 Å². The number of Topliss-reactive ketones (excluding diaryl/α,β-unsaturated/α-hetero) is 1. The van der Waals surface area contributed by atoms with Crippen LogP contribution in [0.15, 0.2) is 78.4 Å². The molecule has 1 fully saturated rings. The van der Waals surface area contributed by atoms with Crippen LogP contribution in [0.3, 0.4) is 0 Å². The summed E-state index contributed by atoms with van der Waals surface area (Å²) in [7, 11) is 1.50. The van der Waals surface area contributed by atoms with Gasteiger partial charge in [0.2, 0.25) is 0 Å². The van der Waals surface area contributed by atoms with E-state index < -0.39 is 23.5 Å². The number of methoxy groups -OCH3 is 1. The van der Waals surface area contributed by atoms with E-state index in [0.717, 1.165) is 6.42 Å². The maximum atomic E-state index is 13.7. The van der Waals surface area contributed by atoms with Gasteiger partial charge in [0.05, 0.1) is 25.3 Å². The van der Waals surface area contributed by atoms with Crippen molar-refractivity contribution in [2.75, 3.05) is 18.6 Å². The van der Waals surface area contributed by atoms with Crippen LogP contribution in [-0.2, 0) is 9.59 Å². The Kier molecular flexibility index (Phi) is 6.63. The number of carbonyl (C=O) groups is 2. The molecule has 3 aromatic carbocycles. The maximum Gasteiger partial charge on any atom is 0.300 e. The molecule has 0 spiro atoms. The second kappa shape index (κ2) is 9.79. The molecule has 1 aliphatic heterocycles. The first-order valence-corrected chi connectivity index (χ1v) is 10.9. The summed E-state index contributed by atoms with van der Waals surface area (Å²) in [4.78, 5) is 27.6. The monoisotopic (exact) mass is 461 g/mol. The number of benzene rings is 3. The van der Waals surface area contributed by atoms with Crippen molar-refractivity contribution in [3.8, 4) is 11.5 Å². The van der Waals surface area contributed by atoms with Crippen LogP contribution in [0.1, 0.15) is 30.5 Å². The fourth-order valence-electron chi connectivity index (χ4n) is 3.90. The minimum absolute atomic E-state index is 0.0818. The molecule has 1 unspecified atom stereocenters. The van der Waals surface area contributed by atoms with Gasteiger partial charge in [0.25, 0.3) is 11.7 Å². The summed E-state index contributed by atoms with van der Waals surface area (Å²) >= 11 is 0. The second-order valence-corrected chi connectivity index (χ2v) is 7.79. The summed E-state index contributed by atoms with van der Waals surface area (Å²) in [5.41, 5.74) is 1.17. The number of carbonyl (C=O) groups excluding carboxylic acids is 2. The fraction of sp³-hybridized carbons (Fsp3) is 0.185. The molecule has 1 amide bonds. The average molecular weight is 461 g/mol. The summed E-state index contributed by atoms with van der Waals surface area (Å²) in [5, 5.41) is 11.2. The van der Waals surface area contributed by atoms with E-state index in [1.807, 2.05) is 6.92 Å². The van der Waals surface area contributed by atoms with Gasteiger partial charge in [-0.3, -0.25) is 14.5 Å². The number of amides is 1. The van der Waals surface area contributed by atoms with Gasteiger partial charge in [0.15, 0.2) is 0 Å². The molecule has 0 radical (unpaired) electrons. The number of ketones is 1. The van der Waals surface area contributed by atoms with Gasteiger partial charge in [-0.2, -0.15) is 0 Å². The molecule has 1 N–H and O–H groups in total. The lowest BCUT2D eigenvalue weighted by molar-refractivity contribution is -0.132. The first-order chi connectivity index (χ1) is 16.4. The van der Waals surface area contributed by atoms with Crippen LogP contribution in [0.2, 0.25) is 0 Å². The number of halogens is 1. The number of aliphatic hydroxyl groups excluding tert-OH is 1. The molecule has 34 heavy (non-hydrogen) atoms. The van der Waals surface area contributed by atoms with Crippen molar-refractivity contribution >= 4 is 23.1 Å². The van der Waals surface area contributed by atoms with Crippen molar-refractivity contribution in [2.45, 2.75) is 19.4 Å². The largest absolute Gasteiger partial charge is 0.507 e. The predicted molar refractivity (Wildman–Crippen MR) is 126 cm³/mol. The van der Waals surface area contributed by atoms with Crippen molar-refractivity contribution in [3.05, 3.63) is 95.3 Å². The van der Waals surface area contributed by atoms with E-state index in [1.54, 1.807) is 48.5 Å². The van der Waals surface area contributed by atoms with Crippen molar-refractivity contribution in [3.63, 3.8) is 0 Å². The van der Waals surface area contributed by atoms with Crippen LogP contribution >= 0.6 is 0 Å². The summed E-state index contributed by atoms with van der Waals surface area (Å²) in [6, 6.07) is 17.9. The number of rotatable bonds is 7. The summed E-state index contributed by atoms with van der Waals surface area (Å²) in [5.74, 6) is -1.27. The standard InChI is InChI=1S/C27H24FNO5/c1-3-15-34-21-13-9-18(10-14-21)25(30)23-24(17-7-11-19(28)12-8-17)29(27(32)26(23)31)20-5-4-6-22(16-20)33-2/h4-14,16,24,30H,3,15H2,1-2H3/b25-23+. The smallest absolute Gasteiger partial charge is 0.300 e. The number of ether oxygens (including phenoxy) is 2. The number of hydrogen-bond acceptors (Lipinski definition) is 5. The minimum atomic E-state index is -0.955. The Morgan fingerprint density at radius 2 is 1.71 bits per heavy atom. The minimum Gasteiger partial charge on any atom is -0.507 e. The van der Waals surface area contributed by atoms with Gasteiger partial charge in [0.1, 0.15) is 23.1 Å². The topological polar surface area (TPSA) is 76.1 Å². The van der Waals surface area contributed by atoms with Gasteiger partial charge < -0.3 is 14.6 Å². The van der Waals surface area contributed by atoms with E-state index in [0.29, 0.717) is 34.9 Å². The second-order valence-electron chi connectivity index (χ2n) is 7.79. The highest BCUT2D eigenvalue weighted by molar-refractivity contribution is 6.51. The Hall–Kier alpha value is -4.13. The molecule has 4 rings (SSSR count). The van der Waals surface area contributed by atoms with Gasteiger partial charge in [-0.15, -0.1) is 0 Å². The Bertz CT molecular complexity index is 1230. The number of aliphatic hydroxyl groups is 1. The number of anilines is 1. The van der Waals surface area contributed by atoms with Crippen LogP contribution in [-0.4, -0.2) is 30.5 Å². The molecule has 1 saturated heterocycles. The van der Waals surface area contributed by atoms with Crippen LogP contribution in [0.5, 0.6) is 11.5 Å². The lowest BCUT2D eigenvalue weighted by Crippen LogP contribution is -2.29. The zero-order chi connectivity index (χ0) is 24.2. The zero-order valence-electron chi connectivity index (χ0n) is 18.8. The Morgan fingerprint density at radius 1 is 1.00 bits per heavy atom. The first-order valence-electron chi connectivity index (χ1n) is 10.9. The third-order valence-electron chi connectivity index (χ3n) is 5.56. The van der Waals surface area contributed by atoms with E-state index in [4.69, 9.17) is 9.47 Å². The van der Waals surface area contributed by atoms with Gasteiger partial charge in [-0.05, 0) is 60.5 Å². The lowest BCUT2D eigenvalue weighted by Gasteiger charge is -2.25. The number of nitrogens with zero attached hydrogens (tertiary/aromatic N) is 1. The average Bonchev–Trinajstić information content (AvgIpc) is 3.13. The molecule has 0 aromatic heterocycles. The normalized spacial score (nSPS) is 17.1. The van der Waals surface area contributed by atoms with E-state index in [9.17, 15) is 19.1 Å². The molecule has 1 atom stereocenters. The molecular weight excluding hydrogens is 437 g/mol. The quantitative estimate of drug-likeness (QED) is 0.296. The third kappa shape index (κ3) is 4.37. The van der Waals surface area contributed by atoms with Gasteiger partial charge in [0, 0.05) is 17.3 Å². The van der Waals surface area contributed by atoms with E-state index >= 15 is 0 Å². The highest BCUT2D eigenvalue weighted by atomic mass is 19.1. The Balaban J connectivity index is 1.85. The molecule has 7 heteroatoms. The fourth-order valence-corrected chi connectivity index (χ4v) is 3.90. The number of hydrogen-bond donors (Lipinski definition) is 1. The van der Waals surface area contributed by atoms with Crippen LogP contribution in [0.4, 0.5) is 10.1 Å². The SMILES string of the molecule is CCCOc1ccc(/C(O)=C2\C(=O)C(=O)N(c3cccc(OC)c3)C2c2ccc(F)cc2)cc1. The molecule has 3 aromatic rings. The van der Waals surface area contributed by atoms with Crippen molar-refractivity contribution in [1.29, 1.82) is 0 Å². The molecular formula is C27H24FNO5. The Morgan fingerprint density at radius 3 is 2.35 bits per heavy atom. The van der Waals surface area contributed by atoms with Gasteiger partial charge >= 0.3 is 0 Å². The Labute approximate surface area is 196 Å². The van der Waals surface area contributed by atoms with Crippen molar-refractivity contribution in [2.24, 2.45) is 0 Å².